The zero-order valence-corrected chi connectivity index (χ0v) is 10.8. The van der Waals surface area contributed by atoms with E-state index in [1.807, 2.05) is 18.0 Å². The molecular formula is C12H19N5O. The highest BCUT2D eigenvalue weighted by atomic mass is 16.2. The van der Waals surface area contributed by atoms with Gasteiger partial charge in [0.2, 0.25) is 5.91 Å². The van der Waals surface area contributed by atoms with Gasteiger partial charge in [-0.2, -0.15) is 0 Å². The van der Waals surface area contributed by atoms with Gasteiger partial charge < -0.3 is 15.5 Å². The summed E-state index contributed by atoms with van der Waals surface area (Å²) in [5.74, 6) is 1.79. The fourth-order valence-corrected chi connectivity index (χ4v) is 2.12. The number of hydrogen-bond acceptors (Lipinski definition) is 5. The Bertz CT molecular complexity index is 415. The van der Waals surface area contributed by atoms with E-state index in [4.69, 9.17) is 0 Å². The van der Waals surface area contributed by atoms with Crippen LogP contribution >= 0.6 is 0 Å². The number of carbonyl (C=O) groups is 1. The van der Waals surface area contributed by atoms with E-state index in [2.05, 4.69) is 20.6 Å². The summed E-state index contributed by atoms with van der Waals surface area (Å²) < 4.78 is 0. The van der Waals surface area contributed by atoms with Crippen LogP contribution in [0.3, 0.4) is 0 Å². The van der Waals surface area contributed by atoms with Crippen molar-refractivity contribution in [1.82, 2.24) is 14.9 Å². The van der Waals surface area contributed by atoms with Gasteiger partial charge in [-0.1, -0.05) is 0 Å². The Morgan fingerprint density at radius 3 is 2.61 bits per heavy atom. The first-order valence-electron chi connectivity index (χ1n) is 6.21. The Labute approximate surface area is 107 Å². The predicted octanol–water partition coefficient (Wildman–Crippen LogP) is 0.941. The molecule has 0 spiro atoms. The zero-order valence-electron chi connectivity index (χ0n) is 10.8. The van der Waals surface area contributed by atoms with Crippen LogP contribution in [-0.2, 0) is 4.79 Å². The molecule has 1 aromatic rings. The van der Waals surface area contributed by atoms with Crippen LogP contribution in [0.25, 0.3) is 0 Å². The topological polar surface area (TPSA) is 70.2 Å². The highest BCUT2D eigenvalue weighted by molar-refractivity contribution is 5.73. The molecule has 1 aliphatic rings. The van der Waals surface area contributed by atoms with Crippen LogP contribution in [0.5, 0.6) is 0 Å². The highest BCUT2D eigenvalue weighted by Crippen LogP contribution is 2.16. The van der Waals surface area contributed by atoms with Crippen molar-refractivity contribution in [3.8, 4) is 0 Å². The monoisotopic (exact) mass is 249 g/mol. The molecule has 1 saturated heterocycles. The summed E-state index contributed by atoms with van der Waals surface area (Å²) in [6.07, 6.45) is 3.45. The number of anilines is 2. The number of hydrogen-bond donors (Lipinski definition) is 2. The van der Waals surface area contributed by atoms with Gasteiger partial charge in [-0.15, -0.1) is 0 Å². The molecule has 2 rings (SSSR count). The van der Waals surface area contributed by atoms with Gasteiger partial charge in [-0.05, 0) is 12.8 Å². The number of piperidine rings is 1. The summed E-state index contributed by atoms with van der Waals surface area (Å²) in [6, 6.07) is 2.26. The Morgan fingerprint density at radius 1 is 1.33 bits per heavy atom. The third kappa shape index (κ3) is 3.09. The molecule has 6 nitrogen and oxygen atoms in total. The van der Waals surface area contributed by atoms with Crippen LogP contribution in [0.15, 0.2) is 12.4 Å². The molecule has 0 atom stereocenters. The molecule has 0 saturated carbocycles. The molecule has 98 valence electrons. The quantitative estimate of drug-likeness (QED) is 0.834. The van der Waals surface area contributed by atoms with Crippen molar-refractivity contribution >= 4 is 17.5 Å². The van der Waals surface area contributed by atoms with Gasteiger partial charge in [0.1, 0.15) is 18.0 Å². The molecule has 6 heteroatoms. The van der Waals surface area contributed by atoms with Crippen LogP contribution in [-0.4, -0.2) is 47.0 Å². The molecule has 1 amide bonds. The van der Waals surface area contributed by atoms with Crippen molar-refractivity contribution < 1.29 is 4.79 Å². The average Bonchev–Trinajstić information content (AvgIpc) is 2.39. The molecule has 2 N–H and O–H groups in total. The van der Waals surface area contributed by atoms with E-state index in [-0.39, 0.29) is 5.91 Å². The van der Waals surface area contributed by atoms with Gasteiger partial charge in [0.05, 0.1) is 0 Å². The maximum absolute atomic E-state index is 11.2. The van der Waals surface area contributed by atoms with Gasteiger partial charge >= 0.3 is 0 Å². The van der Waals surface area contributed by atoms with E-state index >= 15 is 0 Å². The number of rotatable bonds is 3. The average molecular weight is 249 g/mol. The molecule has 2 heterocycles. The van der Waals surface area contributed by atoms with Crippen LogP contribution in [0, 0.1) is 0 Å². The van der Waals surface area contributed by atoms with Crippen molar-refractivity contribution in [2.75, 3.05) is 30.8 Å². The summed E-state index contributed by atoms with van der Waals surface area (Å²) in [4.78, 5) is 21.4. The summed E-state index contributed by atoms with van der Waals surface area (Å²) in [5.41, 5.74) is 0. The molecule has 0 aromatic carbocycles. The van der Waals surface area contributed by atoms with Gasteiger partial charge in [0.15, 0.2) is 0 Å². The van der Waals surface area contributed by atoms with Gasteiger partial charge in [-0.25, -0.2) is 9.97 Å². The molecule has 0 bridgehead atoms. The minimum absolute atomic E-state index is 0.160. The van der Waals surface area contributed by atoms with Crippen molar-refractivity contribution in [1.29, 1.82) is 0 Å². The number of nitrogens with one attached hydrogen (secondary N) is 2. The minimum atomic E-state index is 0.160. The number of aromatic nitrogens is 2. The van der Waals surface area contributed by atoms with Crippen LogP contribution in [0.1, 0.15) is 19.8 Å². The smallest absolute Gasteiger partial charge is 0.219 e. The van der Waals surface area contributed by atoms with Gasteiger partial charge in [0.25, 0.3) is 0 Å². The Kier molecular flexibility index (Phi) is 3.96. The van der Waals surface area contributed by atoms with Crippen LogP contribution in [0.4, 0.5) is 11.6 Å². The number of amides is 1. The molecule has 1 fully saturated rings. The Balaban J connectivity index is 1.89. The normalized spacial score (nSPS) is 16.4. The maximum Gasteiger partial charge on any atom is 0.219 e. The lowest BCUT2D eigenvalue weighted by Crippen LogP contribution is -2.41. The van der Waals surface area contributed by atoms with Gasteiger partial charge in [-0.3, -0.25) is 4.79 Å². The van der Waals surface area contributed by atoms with Crippen LogP contribution < -0.4 is 10.6 Å². The fourth-order valence-electron chi connectivity index (χ4n) is 2.12. The first-order valence-corrected chi connectivity index (χ1v) is 6.21. The number of nitrogens with zero attached hydrogens (tertiary/aromatic N) is 3. The number of carbonyl (C=O) groups excluding carboxylic acids is 1. The third-order valence-corrected chi connectivity index (χ3v) is 3.22. The molecule has 0 aliphatic carbocycles. The summed E-state index contributed by atoms with van der Waals surface area (Å²) in [7, 11) is 1.83. The predicted molar refractivity (Wildman–Crippen MR) is 70.5 cm³/mol. The largest absolute Gasteiger partial charge is 0.373 e. The fraction of sp³-hybridized carbons (Fsp3) is 0.583. The second-order valence-corrected chi connectivity index (χ2v) is 4.46. The van der Waals surface area contributed by atoms with Crippen molar-refractivity contribution in [2.24, 2.45) is 0 Å². The second kappa shape index (κ2) is 5.66. The Hall–Kier alpha value is -1.85. The lowest BCUT2D eigenvalue weighted by Gasteiger charge is -2.31. The SMILES string of the molecule is CNc1cc(NC2CCN(C(C)=O)CC2)ncn1. The molecule has 1 aromatic heterocycles. The van der Waals surface area contributed by atoms with E-state index in [0.717, 1.165) is 37.6 Å². The lowest BCUT2D eigenvalue weighted by atomic mass is 10.1. The first kappa shape index (κ1) is 12.6. The third-order valence-electron chi connectivity index (χ3n) is 3.22. The van der Waals surface area contributed by atoms with E-state index in [1.165, 1.54) is 0 Å². The molecule has 0 unspecified atom stereocenters. The maximum atomic E-state index is 11.2. The van der Waals surface area contributed by atoms with E-state index in [1.54, 1.807) is 13.3 Å². The van der Waals surface area contributed by atoms with Crippen molar-refractivity contribution in [3.05, 3.63) is 12.4 Å². The molecular weight excluding hydrogens is 230 g/mol. The molecule has 18 heavy (non-hydrogen) atoms. The second-order valence-electron chi connectivity index (χ2n) is 4.46. The van der Waals surface area contributed by atoms with E-state index < -0.39 is 0 Å². The first-order chi connectivity index (χ1) is 8.69. The van der Waals surface area contributed by atoms with E-state index in [9.17, 15) is 4.79 Å². The Morgan fingerprint density at radius 2 is 2.00 bits per heavy atom. The summed E-state index contributed by atoms with van der Waals surface area (Å²) >= 11 is 0. The summed E-state index contributed by atoms with van der Waals surface area (Å²) in [5, 5.41) is 6.37. The standard InChI is InChI=1S/C12H19N5O/c1-9(18)17-5-3-10(4-6-17)16-12-7-11(13-2)14-8-15-12/h7-8,10H,3-6H2,1-2H3,(H2,13,14,15,16). The van der Waals surface area contributed by atoms with Crippen LogP contribution in [0.2, 0.25) is 0 Å². The van der Waals surface area contributed by atoms with Crippen molar-refractivity contribution in [3.63, 3.8) is 0 Å². The zero-order chi connectivity index (χ0) is 13.0. The lowest BCUT2D eigenvalue weighted by molar-refractivity contribution is -0.129. The minimum Gasteiger partial charge on any atom is -0.373 e. The highest BCUT2D eigenvalue weighted by Gasteiger charge is 2.20. The van der Waals surface area contributed by atoms with Gasteiger partial charge in [0, 0.05) is 39.2 Å². The number of likely N-dealkylation sites (tertiary alicyclic amines) is 1. The van der Waals surface area contributed by atoms with Crippen molar-refractivity contribution in [2.45, 2.75) is 25.8 Å². The molecule has 1 aliphatic heterocycles. The van der Waals surface area contributed by atoms with E-state index in [0.29, 0.717) is 6.04 Å². The summed E-state index contributed by atoms with van der Waals surface area (Å²) in [6.45, 7) is 3.26. The molecule has 0 radical (unpaired) electrons.